The van der Waals surface area contributed by atoms with Crippen LogP contribution in [0.1, 0.15) is 38.5 Å². The summed E-state index contributed by atoms with van der Waals surface area (Å²) in [6.07, 6.45) is 6.14. The molecule has 0 radical (unpaired) electrons. The Morgan fingerprint density at radius 2 is 1.69 bits per heavy atom. The zero-order valence-corrected chi connectivity index (χ0v) is 17.3. The first-order valence-electron chi connectivity index (χ1n) is 10.3. The third-order valence-electron chi connectivity index (χ3n) is 6.42. The van der Waals surface area contributed by atoms with E-state index in [2.05, 4.69) is 9.64 Å². The van der Waals surface area contributed by atoms with Crippen LogP contribution in [0.2, 0.25) is 0 Å². The molecule has 6 nitrogen and oxygen atoms in total. The molecule has 3 heterocycles. The lowest BCUT2D eigenvalue weighted by Gasteiger charge is -2.38. The van der Waals surface area contributed by atoms with Crippen LogP contribution in [-0.2, 0) is 14.8 Å². The van der Waals surface area contributed by atoms with Crippen molar-refractivity contribution >= 4 is 10.0 Å². The highest BCUT2D eigenvalue weighted by molar-refractivity contribution is 7.89. The molecule has 1 spiro atoms. The van der Waals surface area contributed by atoms with Crippen molar-refractivity contribution in [1.82, 2.24) is 9.21 Å². The van der Waals surface area contributed by atoms with Crippen molar-refractivity contribution in [3.63, 3.8) is 0 Å². The van der Waals surface area contributed by atoms with Crippen molar-refractivity contribution in [2.45, 2.75) is 61.7 Å². The Balaban J connectivity index is 1.36. The largest absolute Gasteiger partial charge is 0.435 e. The minimum atomic E-state index is -3.66. The minimum Gasteiger partial charge on any atom is -0.435 e. The summed E-state index contributed by atoms with van der Waals surface area (Å²) in [5.41, 5.74) is -0.219. The first-order valence-corrected chi connectivity index (χ1v) is 11.8. The number of nitrogens with zero attached hydrogens (tertiary/aromatic N) is 2. The maximum Gasteiger partial charge on any atom is 0.387 e. The van der Waals surface area contributed by atoms with E-state index in [9.17, 15) is 17.2 Å². The molecule has 1 atom stereocenters. The Bertz CT molecular complexity index is 789. The molecule has 1 unspecified atom stereocenters. The van der Waals surface area contributed by atoms with Gasteiger partial charge >= 0.3 is 6.61 Å². The smallest absolute Gasteiger partial charge is 0.387 e. The van der Waals surface area contributed by atoms with Gasteiger partial charge in [0.1, 0.15) is 5.75 Å². The molecule has 29 heavy (non-hydrogen) atoms. The van der Waals surface area contributed by atoms with Crippen LogP contribution < -0.4 is 4.74 Å². The lowest BCUT2D eigenvalue weighted by atomic mass is 9.87. The van der Waals surface area contributed by atoms with Crippen LogP contribution in [0.5, 0.6) is 5.75 Å². The summed E-state index contributed by atoms with van der Waals surface area (Å²) in [5.74, 6) is -0.0559. The summed E-state index contributed by atoms with van der Waals surface area (Å²) in [7, 11) is -3.66. The molecule has 3 aliphatic rings. The van der Waals surface area contributed by atoms with E-state index in [1.54, 1.807) is 0 Å². The van der Waals surface area contributed by atoms with Gasteiger partial charge in [-0.25, -0.2) is 8.42 Å². The van der Waals surface area contributed by atoms with Gasteiger partial charge in [0, 0.05) is 19.1 Å². The molecule has 3 aliphatic heterocycles. The van der Waals surface area contributed by atoms with E-state index in [0.717, 1.165) is 26.1 Å². The van der Waals surface area contributed by atoms with Crippen molar-refractivity contribution in [1.29, 1.82) is 0 Å². The third kappa shape index (κ3) is 4.57. The Morgan fingerprint density at radius 1 is 1.03 bits per heavy atom. The third-order valence-corrected chi connectivity index (χ3v) is 8.33. The first kappa shape index (κ1) is 21.0. The van der Waals surface area contributed by atoms with E-state index in [-0.39, 0.29) is 16.2 Å². The minimum absolute atomic E-state index is 0.0559. The zero-order chi connectivity index (χ0) is 20.5. The lowest BCUT2D eigenvalue weighted by molar-refractivity contribution is -0.0498. The molecule has 0 aliphatic carbocycles. The summed E-state index contributed by atoms with van der Waals surface area (Å²) in [5, 5.41) is 0. The van der Waals surface area contributed by atoms with E-state index >= 15 is 0 Å². The Morgan fingerprint density at radius 3 is 2.31 bits per heavy atom. The predicted octanol–water partition coefficient (Wildman–Crippen LogP) is 3.09. The van der Waals surface area contributed by atoms with Crippen LogP contribution in [0, 0.1) is 0 Å². The van der Waals surface area contributed by atoms with E-state index in [0.29, 0.717) is 32.0 Å². The number of ether oxygens (including phenoxy) is 2. The number of alkyl halides is 2. The van der Waals surface area contributed by atoms with Gasteiger partial charge in [-0.05, 0) is 69.5 Å². The molecule has 0 N–H and O–H groups in total. The fraction of sp³-hybridized carbons (Fsp3) is 0.700. The van der Waals surface area contributed by atoms with Crippen LogP contribution in [0.15, 0.2) is 29.2 Å². The van der Waals surface area contributed by atoms with Gasteiger partial charge in [-0.15, -0.1) is 0 Å². The number of likely N-dealkylation sites (tertiary alicyclic amines) is 1. The maximum atomic E-state index is 12.9. The average molecular weight is 431 g/mol. The van der Waals surface area contributed by atoms with Crippen molar-refractivity contribution in [3.8, 4) is 5.75 Å². The van der Waals surface area contributed by atoms with Crippen LogP contribution in [0.3, 0.4) is 0 Å². The number of sulfonamides is 1. The Labute approximate surface area is 170 Å². The van der Waals surface area contributed by atoms with Gasteiger partial charge < -0.3 is 9.47 Å². The maximum absolute atomic E-state index is 12.9. The summed E-state index contributed by atoms with van der Waals surface area (Å²) in [6.45, 7) is 0.884. The van der Waals surface area contributed by atoms with Gasteiger partial charge in [0.05, 0.1) is 17.1 Å². The van der Waals surface area contributed by atoms with E-state index in [1.165, 1.54) is 47.8 Å². The Hall–Kier alpha value is -1.29. The second-order valence-corrected chi connectivity index (χ2v) is 10.1. The lowest BCUT2D eigenvalue weighted by Crippen LogP contribution is -2.47. The summed E-state index contributed by atoms with van der Waals surface area (Å²) >= 11 is 0. The normalized spacial score (nSPS) is 26.2. The number of halogens is 2. The molecule has 3 saturated heterocycles. The van der Waals surface area contributed by atoms with Crippen LogP contribution in [0.25, 0.3) is 0 Å². The summed E-state index contributed by atoms with van der Waals surface area (Å²) in [4.78, 5) is 2.62. The Kier molecular flexibility index (Phi) is 6.11. The van der Waals surface area contributed by atoms with Gasteiger partial charge in [0.15, 0.2) is 0 Å². The second kappa shape index (κ2) is 8.45. The molecular weight excluding hydrogens is 402 g/mol. The van der Waals surface area contributed by atoms with Crippen LogP contribution >= 0.6 is 0 Å². The molecule has 0 amide bonds. The van der Waals surface area contributed by atoms with Gasteiger partial charge in [0.2, 0.25) is 10.0 Å². The predicted molar refractivity (Wildman–Crippen MR) is 104 cm³/mol. The molecule has 3 fully saturated rings. The topological polar surface area (TPSA) is 59.1 Å². The van der Waals surface area contributed by atoms with Crippen molar-refractivity contribution < 1.29 is 26.7 Å². The van der Waals surface area contributed by atoms with Crippen molar-refractivity contribution in [2.75, 3.05) is 32.8 Å². The van der Waals surface area contributed by atoms with Crippen molar-refractivity contribution in [3.05, 3.63) is 24.3 Å². The number of piperidine rings is 2. The van der Waals surface area contributed by atoms with E-state index in [4.69, 9.17) is 4.74 Å². The summed E-state index contributed by atoms with van der Waals surface area (Å²) < 4.78 is 62.4. The standard InChI is InChI=1S/C20H28F2N2O4S/c21-19(22)28-17-4-6-18(7-5-17)29(25,26)24-12-8-20(9-13-24)14-16(15-27-20)23-10-2-1-3-11-23/h4-7,16,19H,1-3,8-15H2. The van der Waals surface area contributed by atoms with Gasteiger partial charge in [-0.3, -0.25) is 4.90 Å². The fourth-order valence-electron chi connectivity index (χ4n) is 4.76. The molecule has 4 rings (SSSR count). The monoisotopic (exact) mass is 430 g/mol. The molecule has 1 aromatic carbocycles. The summed E-state index contributed by atoms with van der Waals surface area (Å²) in [6, 6.07) is 5.59. The second-order valence-electron chi connectivity index (χ2n) is 8.20. The van der Waals surface area contributed by atoms with Crippen LogP contribution in [0.4, 0.5) is 8.78 Å². The van der Waals surface area contributed by atoms with Crippen molar-refractivity contribution in [2.24, 2.45) is 0 Å². The first-order chi connectivity index (χ1) is 13.9. The zero-order valence-electron chi connectivity index (χ0n) is 16.4. The van der Waals surface area contributed by atoms with Gasteiger partial charge in [-0.1, -0.05) is 6.42 Å². The SMILES string of the molecule is O=S(=O)(c1ccc(OC(F)F)cc1)N1CCC2(CC1)CC(N1CCCCC1)CO2. The average Bonchev–Trinajstić information content (AvgIpc) is 3.12. The molecular formula is C20H28F2N2O4S. The van der Waals surface area contributed by atoms with E-state index in [1.807, 2.05) is 0 Å². The highest BCUT2D eigenvalue weighted by Gasteiger charge is 2.46. The number of hydrogen-bond donors (Lipinski definition) is 0. The molecule has 0 saturated carbocycles. The quantitative estimate of drug-likeness (QED) is 0.719. The number of rotatable bonds is 5. The van der Waals surface area contributed by atoms with Gasteiger partial charge in [0.25, 0.3) is 0 Å². The van der Waals surface area contributed by atoms with Gasteiger partial charge in [-0.2, -0.15) is 13.1 Å². The number of hydrogen-bond acceptors (Lipinski definition) is 5. The highest BCUT2D eigenvalue weighted by Crippen LogP contribution is 2.39. The number of benzene rings is 1. The molecule has 162 valence electrons. The fourth-order valence-corrected chi connectivity index (χ4v) is 6.20. The molecule has 0 aromatic heterocycles. The molecule has 1 aromatic rings. The molecule has 9 heteroatoms. The van der Waals surface area contributed by atoms with Crippen LogP contribution in [-0.4, -0.2) is 68.7 Å². The van der Waals surface area contributed by atoms with E-state index < -0.39 is 16.6 Å². The molecule has 0 bridgehead atoms. The highest BCUT2D eigenvalue weighted by atomic mass is 32.2.